The van der Waals surface area contributed by atoms with Gasteiger partial charge >= 0.3 is 0 Å². The molecule has 0 fully saturated rings. The molecule has 98 valence electrons. The number of aromatic nitrogens is 3. The van der Waals surface area contributed by atoms with Gasteiger partial charge < -0.3 is 5.73 Å². The third kappa shape index (κ3) is 2.79. The topological polar surface area (TPSA) is 56.7 Å². The van der Waals surface area contributed by atoms with E-state index in [2.05, 4.69) is 22.4 Å². The van der Waals surface area contributed by atoms with Gasteiger partial charge in [-0.15, -0.1) is 11.3 Å². The molecule has 0 aliphatic carbocycles. The molecule has 0 aliphatic rings. The van der Waals surface area contributed by atoms with E-state index in [-0.39, 0.29) is 6.04 Å². The van der Waals surface area contributed by atoms with E-state index in [9.17, 15) is 0 Å². The minimum atomic E-state index is 0.105. The zero-order valence-electron chi connectivity index (χ0n) is 11.4. The van der Waals surface area contributed by atoms with Crippen molar-refractivity contribution in [2.24, 2.45) is 12.8 Å². The van der Waals surface area contributed by atoms with Gasteiger partial charge in [-0.2, -0.15) is 5.10 Å². The van der Waals surface area contributed by atoms with Gasteiger partial charge in [-0.05, 0) is 32.8 Å². The molecular formula is C13H20N4S. The lowest BCUT2D eigenvalue weighted by molar-refractivity contribution is 0.650. The molecule has 18 heavy (non-hydrogen) atoms. The maximum Gasteiger partial charge on any atom is 0.0897 e. The molecule has 2 heterocycles. The molecule has 0 saturated heterocycles. The lowest BCUT2D eigenvalue weighted by Gasteiger charge is -2.10. The molecule has 5 heteroatoms. The van der Waals surface area contributed by atoms with E-state index in [0.29, 0.717) is 0 Å². The van der Waals surface area contributed by atoms with Gasteiger partial charge in [-0.3, -0.25) is 4.68 Å². The first-order valence-electron chi connectivity index (χ1n) is 6.13. The Morgan fingerprint density at radius 1 is 1.33 bits per heavy atom. The summed E-state index contributed by atoms with van der Waals surface area (Å²) in [6.07, 6.45) is 1.69. The average molecular weight is 264 g/mol. The molecule has 4 nitrogen and oxygen atoms in total. The van der Waals surface area contributed by atoms with Crippen LogP contribution in [0.1, 0.15) is 27.7 Å². The fraction of sp³-hybridized carbons (Fsp3) is 0.538. The van der Waals surface area contributed by atoms with Crippen LogP contribution in [-0.4, -0.2) is 20.8 Å². The van der Waals surface area contributed by atoms with E-state index in [1.165, 1.54) is 11.3 Å². The van der Waals surface area contributed by atoms with Crippen LogP contribution >= 0.6 is 11.3 Å². The Morgan fingerprint density at radius 2 is 2.06 bits per heavy atom. The van der Waals surface area contributed by atoms with Crippen LogP contribution in [0.4, 0.5) is 0 Å². The van der Waals surface area contributed by atoms with Gasteiger partial charge in [0.05, 0.1) is 16.4 Å². The lowest BCUT2D eigenvalue weighted by Crippen LogP contribution is -2.26. The molecule has 0 saturated carbocycles. The van der Waals surface area contributed by atoms with Gasteiger partial charge in [0.1, 0.15) is 0 Å². The summed E-state index contributed by atoms with van der Waals surface area (Å²) in [6, 6.07) is 0.105. The zero-order chi connectivity index (χ0) is 13.3. The number of thiazole rings is 1. The number of aryl methyl sites for hydroxylation is 3. The van der Waals surface area contributed by atoms with Crippen LogP contribution in [0.15, 0.2) is 5.38 Å². The maximum atomic E-state index is 6.22. The van der Waals surface area contributed by atoms with E-state index in [1.54, 1.807) is 11.3 Å². The highest BCUT2D eigenvalue weighted by Crippen LogP contribution is 2.16. The molecule has 1 atom stereocenters. The molecule has 0 aliphatic heterocycles. The fourth-order valence-corrected chi connectivity index (χ4v) is 2.84. The number of hydrogen-bond donors (Lipinski definition) is 1. The van der Waals surface area contributed by atoms with E-state index >= 15 is 0 Å². The van der Waals surface area contributed by atoms with Crippen molar-refractivity contribution < 1.29 is 0 Å². The summed E-state index contributed by atoms with van der Waals surface area (Å²) in [7, 11) is 1.97. The van der Waals surface area contributed by atoms with Crippen molar-refractivity contribution in [3.05, 3.63) is 33.0 Å². The molecule has 0 spiro atoms. The Kier molecular flexibility index (Phi) is 3.82. The smallest absolute Gasteiger partial charge is 0.0897 e. The Balaban J connectivity index is 2.05. The van der Waals surface area contributed by atoms with Crippen LogP contribution < -0.4 is 5.73 Å². The number of hydrogen-bond acceptors (Lipinski definition) is 4. The van der Waals surface area contributed by atoms with Crippen LogP contribution in [0.2, 0.25) is 0 Å². The van der Waals surface area contributed by atoms with Crippen molar-refractivity contribution in [3.8, 4) is 0 Å². The van der Waals surface area contributed by atoms with Gasteiger partial charge in [0, 0.05) is 30.6 Å². The molecule has 0 amide bonds. The highest BCUT2D eigenvalue weighted by molar-refractivity contribution is 7.09. The zero-order valence-corrected chi connectivity index (χ0v) is 12.2. The molecule has 0 bridgehead atoms. The van der Waals surface area contributed by atoms with Crippen LogP contribution in [0.3, 0.4) is 0 Å². The second kappa shape index (κ2) is 5.20. The predicted molar refractivity (Wildman–Crippen MR) is 74.9 cm³/mol. The van der Waals surface area contributed by atoms with Crippen molar-refractivity contribution >= 4 is 11.3 Å². The lowest BCUT2D eigenvalue weighted by atomic mass is 10.0. The summed E-state index contributed by atoms with van der Waals surface area (Å²) < 4.78 is 1.92. The molecule has 0 aromatic carbocycles. The van der Waals surface area contributed by atoms with Crippen LogP contribution in [-0.2, 0) is 19.9 Å². The number of rotatable bonds is 4. The third-order valence-corrected chi connectivity index (χ3v) is 4.09. The van der Waals surface area contributed by atoms with E-state index in [4.69, 9.17) is 5.73 Å². The summed E-state index contributed by atoms with van der Waals surface area (Å²) in [5.74, 6) is 0. The summed E-state index contributed by atoms with van der Waals surface area (Å²) in [4.78, 5) is 4.46. The summed E-state index contributed by atoms with van der Waals surface area (Å²) in [6.45, 7) is 6.16. The molecule has 1 unspecified atom stereocenters. The number of nitrogens with zero attached hydrogens (tertiary/aromatic N) is 3. The maximum absolute atomic E-state index is 6.22. The van der Waals surface area contributed by atoms with Gasteiger partial charge in [-0.25, -0.2) is 4.98 Å². The normalized spacial score (nSPS) is 12.9. The molecule has 0 radical (unpaired) electrons. The quantitative estimate of drug-likeness (QED) is 0.918. The monoisotopic (exact) mass is 264 g/mol. The van der Waals surface area contributed by atoms with Gasteiger partial charge in [0.25, 0.3) is 0 Å². The third-order valence-electron chi connectivity index (χ3n) is 3.26. The first-order valence-corrected chi connectivity index (χ1v) is 7.01. The van der Waals surface area contributed by atoms with Crippen LogP contribution in [0.5, 0.6) is 0 Å². The second-order valence-electron chi connectivity index (χ2n) is 4.80. The van der Waals surface area contributed by atoms with E-state index < -0.39 is 0 Å². The average Bonchev–Trinajstić information content (AvgIpc) is 2.78. The summed E-state index contributed by atoms with van der Waals surface area (Å²) in [5, 5.41) is 7.62. The van der Waals surface area contributed by atoms with E-state index in [0.717, 1.165) is 29.2 Å². The Labute approximate surface area is 112 Å². The highest BCUT2D eigenvalue weighted by Gasteiger charge is 2.14. The van der Waals surface area contributed by atoms with Crippen molar-refractivity contribution in [2.75, 3.05) is 0 Å². The molecule has 2 rings (SSSR count). The first kappa shape index (κ1) is 13.2. The van der Waals surface area contributed by atoms with Gasteiger partial charge in [0.15, 0.2) is 0 Å². The van der Waals surface area contributed by atoms with Crippen LogP contribution in [0, 0.1) is 20.8 Å². The van der Waals surface area contributed by atoms with Crippen molar-refractivity contribution in [1.29, 1.82) is 0 Å². The fourth-order valence-electron chi connectivity index (χ4n) is 2.22. The largest absolute Gasteiger partial charge is 0.327 e. The van der Waals surface area contributed by atoms with Gasteiger partial charge in [-0.1, -0.05) is 0 Å². The minimum absolute atomic E-state index is 0.105. The summed E-state index contributed by atoms with van der Waals surface area (Å²) >= 11 is 1.68. The highest BCUT2D eigenvalue weighted by atomic mass is 32.1. The standard InChI is InChI=1S/C13H20N4S/c1-8-13(9(2)17(4)16-8)6-11(14)5-12-7-18-10(3)15-12/h7,11H,5-6,14H2,1-4H3. The molecule has 2 N–H and O–H groups in total. The summed E-state index contributed by atoms with van der Waals surface area (Å²) in [5.41, 5.74) is 10.9. The Bertz CT molecular complexity index is 541. The Hall–Kier alpha value is -1.20. The number of nitrogens with two attached hydrogens (primary N) is 1. The first-order chi connectivity index (χ1) is 8.47. The SMILES string of the molecule is Cc1nc(CC(N)Cc2c(C)nn(C)c2C)cs1. The predicted octanol–water partition coefficient (Wildman–Crippen LogP) is 1.91. The molecule has 2 aromatic heterocycles. The van der Waals surface area contributed by atoms with Crippen molar-refractivity contribution in [3.63, 3.8) is 0 Å². The Morgan fingerprint density at radius 3 is 2.56 bits per heavy atom. The second-order valence-corrected chi connectivity index (χ2v) is 5.86. The molecular weight excluding hydrogens is 244 g/mol. The molecule has 2 aromatic rings. The minimum Gasteiger partial charge on any atom is -0.327 e. The van der Waals surface area contributed by atoms with Crippen molar-refractivity contribution in [2.45, 2.75) is 39.7 Å². The van der Waals surface area contributed by atoms with Crippen LogP contribution in [0.25, 0.3) is 0 Å². The van der Waals surface area contributed by atoms with Crippen molar-refractivity contribution in [1.82, 2.24) is 14.8 Å². The van der Waals surface area contributed by atoms with E-state index in [1.807, 2.05) is 25.6 Å². The van der Waals surface area contributed by atoms with Gasteiger partial charge in [0.2, 0.25) is 0 Å².